The van der Waals surface area contributed by atoms with Crippen LogP contribution in [0.5, 0.6) is 5.75 Å². The molecule has 0 bridgehead atoms. The number of hydrogen-bond donors (Lipinski definition) is 4. The summed E-state index contributed by atoms with van der Waals surface area (Å²) in [6.07, 6.45) is 3.88. The summed E-state index contributed by atoms with van der Waals surface area (Å²) >= 11 is 2.81. The minimum Gasteiger partial charge on any atom is -0.508 e. The Hall–Kier alpha value is -3.04. The molecule has 1 atom stereocenters. The van der Waals surface area contributed by atoms with Gasteiger partial charge in [-0.25, -0.2) is 9.78 Å². The minimum absolute atomic E-state index is 0.196. The van der Waals surface area contributed by atoms with Crippen molar-refractivity contribution in [1.29, 1.82) is 0 Å². The number of rotatable bonds is 2. The van der Waals surface area contributed by atoms with Gasteiger partial charge in [-0.3, -0.25) is 4.99 Å². The van der Waals surface area contributed by atoms with Crippen molar-refractivity contribution >= 4 is 56.7 Å². The van der Waals surface area contributed by atoms with Crippen molar-refractivity contribution in [2.75, 3.05) is 5.75 Å². The summed E-state index contributed by atoms with van der Waals surface area (Å²) in [5, 5.41) is 22.1. The number of nitrogens with zero attached hydrogens (tertiary/aromatic N) is 2. The molecular weight excluding hydrogens is 396 g/mol. The maximum absolute atomic E-state index is 10.8. The van der Waals surface area contributed by atoms with Gasteiger partial charge in [0.25, 0.3) is 0 Å². The van der Waals surface area contributed by atoms with Gasteiger partial charge in [0.05, 0.1) is 10.2 Å². The number of fused-ring (bicyclic) bond motifs is 2. The van der Waals surface area contributed by atoms with Crippen molar-refractivity contribution in [1.82, 2.24) is 15.8 Å². The molecular formula is C19H16N4O3S2. The van der Waals surface area contributed by atoms with E-state index >= 15 is 0 Å². The average Bonchev–Trinajstić information content (AvgIpc) is 3.35. The van der Waals surface area contributed by atoms with E-state index in [0.29, 0.717) is 15.8 Å². The first-order valence-electron chi connectivity index (χ1n) is 8.40. The van der Waals surface area contributed by atoms with Gasteiger partial charge in [-0.05, 0) is 18.2 Å². The lowest BCUT2D eigenvalue weighted by Crippen LogP contribution is -2.38. The van der Waals surface area contributed by atoms with Gasteiger partial charge in [0.15, 0.2) is 6.04 Å². The number of carboxylic acids is 1. The van der Waals surface area contributed by atoms with Gasteiger partial charge in [0.1, 0.15) is 15.8 Å². The molecule has 0 saturated carbocycles. The topological polar surface area (TPSA) is 107 Å². The molecule has 0 radical (unpaired) electrons. The van der Waals surface area contributed by atoms with E-state index in [1.807, 2.05) is 24.5 Å². The molecule has 0 fully saturated rings. The monoisotopic (exact) mass is 412 g/mol. The Labute approximate surface area is 168 Å². The Morgan fingerprint density at radius 1 is 1.11 bits per heavy atom. The molecule has 7 nitrogen and oxygen atoms in total. The third kappa shape index (κ3) is 3.95. The van der Waals surface area contributed by atoms with Crippen LogP contribution in [0.1, 0.15) is 5.01 Å². The van der Waals surface area contributed by atoms with E-state index in [1.165, 1.54) is 33.5 Å². The molecule has 4 N–H and O–H groups in total. The molecule has 5 rings (SSSR count). The first-order valence-corrected chi connectivity index (χ1v) is 10.2. The number of aromatic hydroxyl groups is 1. The van der Waals surface area contributed by atoms with Gasteiger partial charge in [0.2, 0.25) is 0 Å². The predicted octanol–water partition coefficient (Wildman–Crippen LogP) is 1.22. The van der Waals surface area contributed by atoms with E-state index in [1.54, 1.807) is 18.2 Å². The Morgan fingerprint density at radius 3 is 2.46 bits per heavy atom. The van der Waals surface area contributed by atoms with Crippen LogP contribution >= 0.6 is 23.1 Å². The number of hydrazine groups is 1. The van der Waals surface area contributed by atoms with Gasteiger partial charge in [-0.1, -0.05) is 24.3 Å². The summed E-state index contributed by atoms with van der Waals surface area (Å²) < 4.78 is 0.868. The molecule has 9 heteroatoms. The number of carbonyl (C=O) groups is 1. The van der Waals surface area contributed by atoms with Crippen LogP contribution in [-0.4, -0.2) is 38.0 Å². The van der Waals surface area contributed by atoms with Crippen LogP contribution in [0, 0.1) is 0 Å². The Balaban J connectivity index is 0.000000162. The second kappa shape index (κ2) is 7.91. The Morgan fingerprint density at radius 2 is 1.82 bits per heavy atom. The fraction of sp³-hybridized carbons (Fsp3) is 0.105. The lowest BCUT2D eigenvalue weighted by atomic mass is 10.2. The fourth-order valence-corrected chi connectivity index (χ4v) is 4.73. The molecule has 3 aromatic rings. The number of aromatic nitrogens is 1. The standard InChI is InChI=1S/C11H8N2O3S2.C8H8N2/c14-5-1-2-6-8(3-5)18-10(12-6)9-13-7(4-17-9)11(15)16;1-2-4-8-6-10-9-5-7(8)3-1/h1-3,7,14H,4H2,(H,15,16);1-6,9-10H/t7-;/m1./s1. The molecule has 28 heavy (non-hydrogen) atoms. The number of thioether (sulfide) groups is 1. The molecule has 0 aliphatic carbocycles. The molecule has 2 aromatic carbocycles. The molecule has 0 spiro atoms. The lowest BCUT2D eigenvalue weighted by Gasteiger charge is -2.03. The number of benzene rings is 2. The SMILES string of the molecule is C1=c2ccccc2=CNN1.O=C(O)[C@H]1CSC(c2nc3ccc(O)cc3s2)=N1. The highest BCUT2D eigenvalue weighted by Crippen LogP contribution is 2.31. The summed E-state index contributed by atoms with van der Waals surface area (Å²) in [4.78, 5) is 19.4. The minimum atomic E-state index is -0.906. The van der Waals surface area contributed by atoms with Crippen LogP contribution in [-0.2, 0) is 4.79 Å². The highest BCUT2D eigenvalue weighted by atomic mass is 32.2. The van der Waals surface area contributed by atoms with Gasteiger partial charge in [-0.15, -0.1) is 23.1 Å². The number of hydrogen-bond acceptors (Lipinski definition) is 8. The van der Waals surface area contributed by atoms with Gasteiger partial charge >= 0.3 is 5.97 Å². The van der Waals surface area contributed by atoms with Crippen LogP contribution in [0.25, 0.3) is 22.6 Å². The first-order chi connectivity index (χ1) is 13.6. The summed E-state index contributed by atoms with van der Waals surface area (Å²) in [6.45, 7) is 0. The first kappa shape index (κ1) is 18.3. The largest absolute Gasteiger partial charge is 0.508 e. The zero-order valence-electron chi connectivity index (χ0n) is 14.5. The average molecular weight is 412 g/mol. The summed E-state index contributed by atoms with van der Waals surface area (Å²) in [5.74, 6) is -0.260. The predicted molar refractivity (Wildman–Crippen MR) is 113 cm³/mol. The second-order valence-electron chi connectivity index (χ2n) is 5.98. The van der Waals surface area contributed by atoms with Crippen molar-refractivity contribution in [2.24, 2.45) is 4.99 Å². The maximum Gasteiger partial charge on any atom is 0.329 e. The number of thiazole rings is 1. The van der Waals surface area contributed by atoms with Crippen molar-refractivity contribution in [2.45, 2.75) is 6.04 Å². The number of aliphatic carboxylic acids is 1. The molecule has 1 aromatic heterocycles. The maximum atomic E-state index is 10.8. The van der Waals surface area contributed by atoms with E-state index < -0.39 is 12.0 Å². The fourth-order valence-electron chi connectivity index (χ4n) is 2.63. The van der Waals surface area contributed by atoms with Gasteiger partial charge < -0.3 is 21.1 Å². The third-order valence-corrected chi connectivity index (χ3v) is 6.23. The number of carboxylic acid groups (broad SMARTS) is 1. The third-order valence-electron chi connectivity index (χ3n) is 4.03. The van der Waals surface area contributed by atoms with Crippen molar-refractivity contribution < 1.29 is 15.0 Å². The van der Waals surface area contributed by atoms with Crippen LogP contribution in [0.2, 0.25) is 0 Å². The second-order valence-corrected chi connectivity index (χ2v) is 8.02. The molecule has 2 aliphatic rings. The zero-order valence-corrected chi connectivity index (χ0v) is 16.1. The van der Waals surface area contributed by atoms with Crippen LogP contribution in [0.4, 0.5) is 0 Å². The van der Waals surface area contributed by atoms with Gasteiger partial charge in [-0.2, -0.15) is 0 Å². The van der Waals surface area contributed by atoms with Crippen LogP contribution in [0.3, 0.4) is 0 Å². The van der Waals surface area contributed by atoms with Crippen molar-refractivity contribution in [3.05, 3.63) is 57.9 Å². The highest BCUT2D eigenvalue weighted by Gasteiger charge is 2.26. The van der Waals surface area contributed by atoms with E-state index in [4.69, 9.17) is 5.11 Å². The zero-order chi connectivity index (χ0) is 19.5. The van der Waals surface area contributed by atoms with Crippen LogP contribution < -0.4 is 21.3 Å². The number of nitrogens with one attached hydrogen (secondary N) is 2. The number of aliphatic imine (C=N–C) groups is 1. The van der Waals surface area contributed by atoms with E-state index in [0.717, 1.165) is 10.2 Å². The quantitative estimate of drug-likeness (QED) is 0.501. The van der Waals surface area contributed by atoms with Crippen molar-refractivity contribution in [3.63, 3.8) is 0 Å². The number of phenolic OH excluding ortho intramolecular Hbond substituents is 1. The van der Waals surface area contributed by atoms with Crippen LogP contribution in [0.15, 0.2) is 47.5 Å². The summed E-state index contributed by atoms with van der Waals surface area (Å²) in [5.41, 5.74) is 6.61. The highest BCUT2D eigenvalue weighted by molar-refractivity contribution is 8.15. The van der Waals surface area contributed by atoms with E-state index in [-0.39, 0.29) is 5.75 Å². The lowest BCUT2D eigenvalue weighted by molar-refractivity contribution is -0.137. The molecule has 0 saturated heterocycles. The smallest absolute Gasteiger partial charge is 0.329 e. The van der Waals surface area contributed by atoms with Gasteiger partial charge in [0, 0.05) is 28.6 Å². The van der Waals surface area contributed by atoms with E-state index in [9.17, 15) is 9.90 Å². The Kier molecular flexibility index (Phi) is 5.18. The molecule has 0 unspecified atom stereocenters. The molecule has 3 heterocycles. The Bertz CT molecular complexity index is 1150. The summed E-state index contributed by atoms with van der Waals surface area (Å²) in [7, 11) is 0. The molecule has 0 amide bonds. The number of phenols is 1. The molecule has 2 aliphatic heterocycles. The molecule has 142 valence electrons. The van der Waals surface area contributed by atoms with Crippen molar-refractivity contribution in [3.8, 4) is 5.75 Å². The van der Waals surface area contributed by atoms with E-state index in [2.05, 4.69) is 33.0 Å². The summed E-state index contributed by atoms with van der Waals surface area (Å²) in [6, 6.07) is 12.5. The normalized spacial score (nSPS) is 17.0.